The fraction of sp³-hybridized carbons (Fsp3) is 0.500. The quantitative estimate of drug-likeness (QED) is 0.380. The Morgan fingerprint density at radius 3 is 2.50 bits per heavy atom. The molecule has 1 aromatic carbocycles. The summed E-state index contributed by atoms with van der Waals surface area (Å²) < 4.78 is 29.5. The van der Waals surface area contributed by atoms with Gasteiger partial charge in [0.25, 0.3) is 5.56 Å². The van der Waals surface area contributed by atoms with Gasteiger partial charge in [0.05, 0.1) is 17.2 Å². The van der Waals surface area contributed by atoms with Gasteiger partial charge in [-0.2, -0.15) is 5.11 Å². The molecule has 2 atom stereocenters. The van der Waals surface area contributed by atoms with E-state index in [-0.39, 0.29) is 40.3 Å². The molecule has 10 heteroatoms. The molecule has 9 nitrogen and oxygen atoms in total. The van der Waals surface area contributed by atoms with Gasteiger partial charge in [-0.15, -0.1) is 5.11 Å². The third kappa shape index (κ3) is 5.54. The van der Waals surface area contributed by atoms with E-state index < -0.39 is 15.6 Å². The molecule has 1 fully saturated rings. The number of azo groups is 1. The number of unbranched alkanes of at least 4 members (excludes halogenated alkanes) is 1. The third-order valence-corrected chi connectivity index (χ3v) is 7.81. The average molecular weight is 486 g/mol. The van der Waals surface area contributed by atoms with Crippen LogP contribution in [0.4, 0.5) is 17.1 Å². The standard InChI is InChI=1S/C24H31N5O4S/c1-5-6-15-29-23(30)21(25-4)17(3)22(24(29)31)27-26-18-11-13-19(14-12-18)34(32,33)28-20-10-8-7-9-16(20)2/h11-14,16,20,28,30H,5-10,15H2,1-3H3. The maximum Gasteiger partial charge on any atom is 0.279 e. The highest BCUT2D eigenvalue weighted by Gasteiger charge is 2.26. The van der Waals surface area contributed by atoms with Gasteiger partial charge in [-0.1, -0.05) is 33.1 Å². The molecule has 1 aliphatic carbocycles. The van der Waals surface area contributed by atoms with E-state index in [9.17, 15) is 18.3 Å². The van der Waals surface area contributed by atoms with Crippen LogP contribution < -0.4 is 10.3 Å². The predicted molar refractivity (Wildman–Crippen MR) is 131 cm³/mol. The molecule has 1 heterocycles. The Labute approximate surface area is 200 Å². The van der Waals surface area contributed by atoms with Crippen molar-refractivity contribution < 1.29 is 13.5 Å². The first-order chi connectivity index (χ1) is 16.2. The number of aromatic hydroxyl groups is 1. The lowest BCUT2D eigenvalue weighted by atomic mass is 9.87. The van der Waals surface area contributed by atoms with Crippen molar-refractivity contribution in [3.8, 4) is 5.88 Å². The van der Waals surface area contributed by atoms with Crippen molar-refractivity contribution >= 4 is 27.1 Å². The highest BCUT2D eigenvalue weighted by atomic mass is 32.2. The lowest BCUT2D eigenvalue weighted by molar-refractivity contribution is 0.310. The molecule has 2 unspecified atom stereocenters. The van der Waals surface area contributed by atoms with Crippen molar-refractivity contribution in [2.75, 3.05) is 0 Å². The molecular formula is C24H31N5O4S. The first kappa shape index (κ1) is 25.6. The minimum absolute atomic E-state index is 0.0236. The molecule has 0 bridgehead atoms. The largest absolute Gasteiger partial charge is 0.503 e. The van der Waals surface area contributed by atoms with Crippen molar-refractivity contribution in [2.24, 2.45) is 16.1 Å². The van der Waals surface area contributed by atoms with Crippen molar-refractivity contribution in [3.05, 3.63) is 51.6 Å². The lowest BCUT2D eigenvalue weighted by Gasteiger charge is -2.29. The molecule has 1 saturated carbocycles. The summed E-state index contributed by atoms with van der Waals surface area (Å²) in [6.45, 7) is 13.2. The predicted octanol–water partition coefficient (Wildman–Crippen LogP) is 5.49. The molecule has 2 aromatic rings. The number of pyridine rings is 1. The monoisotopic (exact) mass is 485 g/mol. The van der Waals surface area contributed by atoms with Crippen LogP contribution in [0.15, 0.2) is 44.2 Å². The first-order valence-electron chi connectivity index (χ1n) is 11.6. The molecule has 2 N–H and O–H groups in total. The Morgan fingerprint density at radius 1 is 1.21 bits per heavy atom. The van der Waals surface area contributed by atoms with E-state index in [0.29, 0.717) is 18.0 Å². The van der Waals surface area contributed by atoms with Crippen LogP contribution in [-0.2, 0) is 16.6 Å². The summed E-state index contributed by atoms with van der Waals surface area (Å²) in [5.41, 5.74) is 0.0311. The molecule has 34 heavy (non-hydrogen) atoms. The lowest BCUT2D eigenvalue weighted by Crippen LogP contribution is -2.40. The van der Waals surface area contributed by atoms with Crippen LogP contribution in [0.25, 0.3) is 4.85 Å². The molecule has 182 valence electrons. The molecule has 1 aliphatic rings. The van der Waals surface area contributed by atoms with Gasteiger partial charge in [0.2, 0.25) is 15.7 Å². The van der Waals surface area contributed by atoms with Gasteiger partial charge in [-0.05, 0) is 61.9 Å². The zero-order valence-corrected chi connectivity index (χ0v) is 20.6. The van der Waals surface area contributed by atoms with Crippen LogP contribution in [0.1, 0.15) is 57.9 Å². The van der Waals surface area contributed by atoms with Crippen LogP contribution in [-0.4, -0.2) is 24.1 Å². The zero-order chi connectivity index (χ0) is 24.9. The van der Waals surface area contributed by atoms with Gasteiger partial charge >= 0.3 is 0 Å². The van der Waals surface area contributed by atoms with E-state index >= 15 is 0 Å². The van der Waals surface area contributed by atoms with Crippen LogP contribution in [0.2, 0.25) is 0 Å². The second-order valence-corrected chi connectivity index (χ2v) is 10.5. The summed E-state index contributed by atoms with van der Waals surface area (Å²) >= 11 is 0. The first-order valence-corrected chi connectivity index (χ1v) is 13.1. The summed E-state index contributed by atoms with van der Waals surface area (Å²) in [5.74, 6) is -0.0638. The highest BCUT2D eigenvalue weighted by molar-refractivity contribution is 7.89. The number of nitrogens with one attached hydrogen (secondary N) is 1. The van der Waals surface area contributed by atoms with Crippen molar-refractivity contribution in [1.29, 1.82) is 0 Å². The van der Waals surface area contributed by atoms with E-state index in [2.05, 4.69) is 26.7 Å². The number of rotatable bonds is 8. The Bertz CT molecular complexity index is 1260. The van der Waals surface area contributed by atoms with E-state index in [0.717, 1.165) is 36.7 Å². The third-order valence-electron chi connectivity index (χ3n) is 6.30. The zero-order valence-electron chi connectivity index (χ0n) is 19.8. The number of hydrogen-bond acceptors (Lipinski definition) is 6. The van der Waals surface area contributed by atoms with E-state index in [1.54, 1.807) is 6.92 Å². The normalized spacial score (nSPS) is 18.8. The molecule has 0 radical (unpaired) electrons. The number of nitrogens with zero attached hydrogens (tertiary/aromatic N) is 4. The molecule has 0 spiro atoms. The minimum atomic E-state index is -3.66. The second-order valence-electron chi connectivity index (χ2n) is 8.75. The Balaban J connectivity index is 1.85. The van der Waals surface area contributed by atoms with Gasteiger partial charge < -0.3 is 5.11 Å². The molecule has 3 rings (SSSR count). The van der Waals surface area contributed by atoms with E-state index in [4.69, 9.17) is 6.57 Å². The van der Waals surface area contributed by atoms with Gasteiger partial charge in [-0.25, -0.2) is 18.0 Å². The van der Waals surface area contributed by atoms with Gasteiger partial charge in [0, 0.05) is 12.6 Å². The summed E-state index contributed by atoms with van der Waals surface area (Å²) in [6.07, 6.45) is 5.46. The molecule has 0 aliphatic heterocycles. The summed E-state index contributed by atoms with van der Waals surface area (Å²) in [4.78, 5) is 16.4. The molecule has 1 aromatic heterocycles. The molecule has 0 amide bonds. The van der Waals surface area contributed by atoms with Gasteiger partial charge in [0.15, 0.2) is 5.88 Å². The fourth-order valence-electron chi connectivity index (χ4n) is 4.13. The van der Waals surface area contributed by atoms with Gasteiger partial charge in [-0.3, -0.25) is 9.36 Å². The Hall–Kier alpha value is -3.03. The highest BCUT2D eigenvalue weighted by Crippen LogP contribution is 2.35. The van der Waals surface area contributed by atoms with E-state index in [1.165, 1.54) is 24.3 Å². The minimum Gasteiger partial charge on any atom is -0.503 e. The number of sulfonamides is 1. The second kappa shape index (κ2) is 10.9. The summed E-state index contributed by atoms with van der Waals surface area (Å²) in [6, 6.07) is 5.88. The van der Waals surface area contributed by atoms with Crippen molar-refractivity contribution in [3.63, 3.8) is 0 Å². The van der Waals surface area contributed by atoms with Crippen molar-refractivity contribution in [1.82, 2.24) is 9.29 Å². The van der Waals surface area contributed by atoms with Crippen molar-refractivity contribution in [2.45, 2.75) is 76.8 Å². The average Bonchev–Trinajstić information content (AvgIpc) is 2.81. The smallest absolute Gasteiger partial charge is 0.279 e. The molecular weight excluding hydrogens is 454 g/mol. The fourth-order valence-corrected chi connectivity index (χ4v) is 5.50. The number of benzene rings is 1. The van der Waals surface area contributed by atoms with Crippen LogP contribution >= 0.6 is 0 Å². The summed E-state index contributed by atoms with van der Waals surface area (Å²) in [5, 5.41) is 18.5. The number of aromatic nitrogens is 1. The molecule has 0 saturated heterocycles. The summed E-state index contributed by atoms with van der Waals surface area (Å²) in [7, 11) is -3.66. The maximum absolute atomic E-state index is 12.9. The SMILES string of the molecule is [C-]#[N+]c1c(C)c(N=Nc2ccc(S(=O)(=O)NC3CCCCC3C)cc2)c(=O)n(CCCC)c1O. The topological polar surface area (TPSA) is 117 Å². The Morgan fingerprint density at radius 2 is 1.88 bits per heavy atom. The number of hydrogen-bond donors (Lipinski definition) is 2. The van der Waals surface area contributed by atoms with Crippen LogP contribution in [0, 0.1) is 19.4 Å². The Kier molecular flexibility index (Phi) is 8.23. The maximum atomic E-state index is 12.9. The van der Waals surface area contributed by atoms with Crippen LogP contribution in [0.3, 0.4) is 0 Å². The van der Waals surface area contributed by atoms with Crippen LogP contribution in [0.5, 0.6) is 5.88 Å². The van der Waals surface area contributed by atoms with Gasteiger partial charge in [0.1, 0.15) is 5.69 Å². The van der Waals surface area contributed by atoms with E-state index in [1.807, 2.05) is 6.92 Å².